The van der Waals surface area contributed by atoms with Gasteiger partial charge in [0.15, 0.2) is 0 Å². The van der Waals surface area contributed by atoms with Gasteiger partial charge in [0, 0.05) is 6.54 Å². The highest BCUT2D eigenvalue weighted by atomic mass is 16.3. The van der Waals surface area contributed by atoms with Crippen LogP contribution in [0.3, 0.4) is 0 Å². The molecule has 2 rings (SSSR count). The van der Waals surface area contributed by atoms with Gasteiger partial charge < -0.3 is 15.5 Å². The first-order valence-corrected chi connectivity index (χ1v) is 6.31. The number of furan rings is 1. The lowest BCUT2D eigenvalue weighted by Gasteiger charge is -2.06. The van der Waals surface area contributed by atoms with E-state index in [0.29, 0.717) is 24.4 Å². The van der Waals surface area contributed by atoms with Crippen molar-refractivity contribution in [3.8, 4) is 0 Å². The summed E-state index contributed by atoms with van der Waals surface area (Å²) in [5.41, 5.74) is 8.36. The van der Waals surface area contributed by atoms with E-state index < -0.39 is 0 Å². The first-order chi connectivity index (χ1) is 9.20. The van der Waals surface area contributed by atoms with Gasteiger partial charge in [-0.05, 0) is 37.1 Å². The van der Waals surface area contributed by atoms with Crippen molar-refractivity contribution in [2.24, 2.45) is 5.73 Å². The molecular weight excluding hydrogens is 240 g/mol. The predicted molar refractivity (Wildman–Crippen MR) is 73.8 cm³/mol. The van der Waals surface area contributed by atoms with Crippen LogP contribution in [0.2, 0.25) is 0 Å². The molecule has 1 heterocycles. The Balaban J connectivity index is 1.92. The van der Waals surface area contributed by atoms with E-state index in [9.17, 15) is 4.79 Å². The largest absolute Gasteiger partial charge is 0.469 e. The van der Waals surface area contributed by atoms with Crippen LogP contribution in [0.4, 0.5) is 0 Å². The summed E-state index contributed by atoms with van der Waals surface area (Å²) in [6, 6.07) is 9.77. The number of nitrogens with two attached hydrogens (primary N) is 1. The van der Waals surface area contributed by atoms with E-state index in [4.69, 9.17) is 10.2 Å². The molecule has 0 spiro atoms. The van der Waals surface area contributed by atoms with Gasteiger partial charge in [-0.1, -0.05) is 24.3 Å². The fraction of sp³-hybridized carbons (Fsp3) is 0.267. The number of carbonyl (C=O) groups is 1. The highest BCUT2D eigenvalue weighted by molar-refractivity contribution is 5.94. The molecule has 0 saturated heterocycles. The number of rotatable bonds is 5. The standard InChI is InChI=1S/C15H18N2O2/c1-11-14(7-9-19-11)15(18)17-10-13-4-2-12(3-5-13)6-8-16/h2-5,7,9H,6,8,10,16H2,1H3,(H,17,18). The molecule has 0 aliphatic heterocycles. The molecule has 3 N–H and O–H groups in total. The highest BCUT2D eigenvalue weighted by Gasteiger charge is 2.10. The maximum Gasteiger partial charge on any atom is 0.255 e. The van der Waals surface area contributed by atoms with Gasteiger partial charge in [-0.2, -0.15) is 0 Å². The van der Waals surface area contributed by atoms with Crippen LogP contribution >= 0.6 is 0 Å². The average molecular weight is 258 g/mol. The SMILES string of the molecule is Cc1occc1C(=O)NCc1ccc(CCN)cc1. The Bertz CT molecular complexity index is 544. The van der Waals surface area contributed by atoms with Gasteiger partial charge >= 0.3 is 0 Å². The van der Waals surface area contributed by atoms with Crippen molar-refractivity contribution in [3.05, 3.63) is 59.0 Å². The second-order valence-corrected chi connectivity index (χ2v) is 4.43. The van der Waals surface area contributed by atoms with Crippen molar-refractivity contribution in [2.45, 2.75) is 19.9 Å². The maximum atomic E-state index is 11.9. The monoisotopic (exact) mass is 258 g/mol. The van der Waals surface area contributed by atoms with Crippen LogP contribution in [0.25, 0.3) is 0 Å². The Morgan fingerprint density at radius 1 is 1.21 bits per heavy atom. The Hall–Kier alpha value is -2.07. The van der Waals surface area contributed by atoms with Gasteiger partial charge in [0.05, 0.1) is 11.8 Å². The molecular formula is C15H18N2O2. The van der Waals surface area contributed by atoms with E-state index in [-0.39, 0.29) is 5.91 Å². The van der Waals surface area contributed by atoms with Crippen molar-refractivity contribution in [1.82, 2.24) is 5.32 Å². The number of aryl methyl sites for hydroxylation is 1. The summed E-state index contributed by atoms with van der Waals surface area (Å²) in [4.78, 5) is 11.9. The molecule has 0 fully saturated rings. The molecule has 4 heteroatoms. The third kappa shape index (κ3) is 3.45. The van der Waals surface area contributed by atoms with Gasteiger partial charge in [-0.25, -0.2) is 0 Å². The van der Waals surface area contributed by atoms with Gasteiger partial charge in [0.1, 0.15) is 5.76 Å². The molecule has 1 aromatic heterocycles. The Labute approximate surface area is 112 Å². The lowest BCUT2D eigenvalue weighted by atomic mass is 10.1. The summed E-state index contributed by atoms with van der Waals surface area (Å²) < 4.78 is 5.11. The molecule has 100 valence electrons. The fourth-order valence-electron chi connectivity index (χ4n) is 1.89. The topological polar surface area (TPSA) is 68.3 Å². The summed E-state index contributed by atoms with van der Waals surface area (Å²) in [6.07, 6.45) is 2.40. The lowest BCUT2D eigenvalue weighted by molar-refractivity contribution is 0.0949. The lowest BCUT2D eigenvalue weighted by Crippen LogP contribution is -2.22. The van der Waals surface area contributed by atoms with Crippen molar-refractivity contribution < 1.29 is 9.21 Å². The molecule has 1 amide bonds. The zero-order valence-electron chi connectivity index (χ0n) is 11.0. The van der Waals surface area contributed by atoms with Crippen LogP contribution in [0.1, 0.15) is 27.2 Å². The zero-order chi connectivity index (χ0) is 13.7. The average Bonchev–Trinajstić information content (AvgIpc) is 2.84. The molecule has 1 aromatic carbocycles. The Morgan fingerprint density at radius 3 is 2.47 bits per heavy atom. The maximum absolute atomic E-state index is 11.9. The number of amides is 1. The Morgan fingerprint density at radius 2 is 1.89 bits per heavy atom. The molecule has 2 aromatic rings. The van der Waals surface area contributed by atoms with E-state index >= 15 is 0 Å². The molecule has 0 saturated carbocycles. The number of carbonyl (C=O) groups excluding carboxylic acids is 1. The van der Waals surface area contributed by atoms with Gasteiger partial charge in [0.25, 0.3) is 5.91 Å². The molecule has 0 aliphatic rings. The minimum absolute atomic E-state index is 0.114. The van der Waals surface area contributed by atoms with Gasteiger partial charge in [-0.3, -0.25) is 4.79 Å². The number of nitrogens with one attached hydrogen (secondary N) is 1. The van der Waals surface area contributed by atoms with Crippen molar-refractivity contribution in [1.29, 1.82) is 0 Å². The normalized spacial score (nSPS) is 10.4. The molecule has 0 aliphatic carbocycles. The molecule has 0 unspecified atom stereocenters. The minimum Gasteiger partial charge on any atom is -0.469 e. The summed E-state index contributed by atoms with van der Waals surface area (Å²) in [7, 11) is 0. The zero-order valence-corrected chi connectivity index (χ0v) is 11.0. The summed E-state index contributed by atoms with van der Waals surface area (Å²) in [6.45, 7) is 2.93. The quantitative estimate of drug-likeness (QED) is 0.862. The summed E-state index contributed by atoms with van der Waals surface area (Å²) in [5.74, 6) is 0.521. The van der Waals surface area contributed by atoms with Crippen molar-refractivity contribution in [3.63, 3.8) is 0 Å². The molecule has 4 nitrogen and oxygen atoms in total. The van der Waals surface area contributed by atoms with E-state index in [0.717, 1.165) is 12.0 Å². The third-order valence-corrected chi connectivity index (χ3v) is 3.01. The van der Waals surface area contributed by atoms with Crippen LogP contribution < -0.4 is 11.1 Å². The second kappa shape index (κ2) is 6.20. The van der Waals surface area contributed by atoms with E-state index in [1.807, 2.05) is 24.3 Å². The highest BCUT2D eigenvalue weighted by Crippen LogP contribution is 2.09. The second-order valence-electron chi connectivity index (χ2n) is 4.43. The van der Waals surface area contributed by atoms with Crippen LogP contribution in [-0.4, -0.2) is 12.5 Å². The Kier molecular flexibility index (Phi) is 4.36. The third-order valence-electron chi connectivity index (χ3n) is 3.01. The van der Waals surface area contributed by atoms with Gasteiger partial charge in [-0.15, -0.1) is 0 Å². The number of benzene rings is 1. The van der Waals surface area contributed by atoms with Crippen LogP contribution in [0.15, 0.2) is 41.0 Å². The minimum atomic E-state index is -0.114. The van der Waals surface area contributed by atoms with Crippen molar-refractivity contribution >= 4 is 5.91 Å². The first-order valence-electron chi connectivity index (χ1n) is 6.31. The summed E-state index contributed by atoms with van der Waals surface area (Å²) >= 11 is 0. The number of hydrogen-bond acceptors (Lipinski definition) is 3. The molecule has 0 radical (unpaired) electrons. The van der Waals surface area contributed by atoms with Gasteiger partial charge in [0.2, 0.25) is 0 Å². The molecule has 0 atom stereocenters. The van der Waals surface area contributed by atoms with Crippen LogP contribution in [-0.2, 0) is 13.0 Å². The first kappa shape index (κ1) is 13.4. The van der Waals surface area contributed by atoms with E-state index in [1.165, 1.54) is 11.8 Å². The summed E-state index contributed by atoms with van der Waals surface area (Å²) in [5, 5.41) is 2.87. The van der Waals surface area contributed by atoms with E-state index in [2.05, 4.69) is 5.32 Å². The smallest absolute Gasteiger partial charge is 0.255 e. The molecule has 0 bridgehead atoms. The number of hydrogen-bond donors (Lipinski definition) is 2. The predicted octanol–water partition coefficient (Wildman–Crippen LogP) is 2.02. The molecule has 19 heavy (non-hydrogen) atoms. The van der Waals surface area contributed by atoms with Crippen molar-refractivity contribution in [2.75, 3.05) is 6.54 Å². The fourth-order valence-corrected chi connectivity index (χ4v) is 1.89. The van der Waals surface area contributed by atoms with E-state index in [1.54, 1.807) is 13.0 Å². The van der Waals surface area contributed by atoms with Crippen LogP contribution in [0, 0.1) is 6.92 Å². The van der Waals surface area contributed by atoms with Crippen LogP contribution in [0.5, 0.6) is 0 Å².